The average molecular weight is 353 g/mol. The zero-order valence-corrected chi connectivity index (χ0v) is 13.1. The first kappa shape index (κ1) is 16.6. The highest BCUT2D eigenvalue weighted by molar-refractivity contribution is 6.30. The predicted molar refractivity (Wildman–Crippen MR) is 86.3 cm³/mol. The van der Waals surface area contributed by atoms with Crippen LogP contribution in [0.15, 0.2) is 57.7 Å². The normalized spacial score (nSPS) is 11.8. The zero-order chi connectivity index (χ0) is 17.3. The van der Waals surface area contributed by atoms with Gasteiger partial charge >= 0.3 is 6.18 Å². The quantitative estimate of drug-likeness (QED) is 0.644. The monoisotopic (exact) mass is 352 g/mol. The van der Waals surface area contributed by atoms with Gasteiger partial charge in [0.1, 0.15) is 5.58 Å². The van der Waals surface area contributed by atoms with Gasteiger partial charge in [-0.05, 0) is 48.2 Å². The molecule has 3 aromatic rings. The summed E-state index contributed by atoms with van der Waals surface area (Å²) < 4.78 is 43.1. The van der Waals surface area contributed by atoms with Crippen LogP contribution >= 0.6 is 11.6 Å². The van der Waals surface area contributed by atoms with Crippen molar-refractivity contribution in [2.24, 2.45) is 0 Å². The van der Waals surface area contributed by atoms with Gasteiger partial charge in [-0.2, -0.15) is 13.2 Å². The summed E-state index contributed by atoms with van der Waals surface area (Å²) in [5.74, 6) is -1.28. The highest BCUT2D eigenvalue weighted by Gasteiger charge is 2.34. The zero-order valence-electron chi connectivity index (χ0n) is 12.4. The summed E-state index contributed by atoms with van der Waals surface area (Å²) in [6.45, 7) is 0. The first-order chi connectivity index (χ1) is 11.3. The molecule has 2 nitrogen and oxygen atoms in total. The van der Waals surface area contributed by atoms with Crippen LogP contribution in [-0.4, -0.2) is 0 Å². The fourth-order valence-electron chi connectivity index (χ4n) is 2.43. The maximum atomic E-state index is 12.8. The highest BCUT2D eigenvalue weighted by Crippen LogP contribution is 2.30. The molecule has 0 unspecified atom stereocenters. The summed E-state index contributed by atoms with van der Waals surface area (Å²) in [4.78, 5) is 11.8. The number of fused-ring (bicyclic) bond motifs is 1. The molecule has 1 aromatic heterocycles. The molecular weight excluding hydrogens is 341 g/mol. The van der Waals surface area contributed by atoms with E-state index in [1.807, 2.05) is 12.1 Å². The molecule has 0 spiro atoms. The SMILES string of the molecule is O=c1cc(C(F)(F)F)oc2cc(CCc3ccc(Cl)cc3)ccc12. The van der Waals surface area contributed by atoms with Gasteiger partial charge in [0.25, 0.3) is 0 Å². The van der Waals surface area contributed by atoms with Gasteiger partial charge in [-0.3, -0.25) is 4.79 Å². The van der Waals surface area contributed by atoms with E-state index in [1.54, 1.807) is 18.2 Å². The van der Waals surface area contributed by atoms with Crippen molar-refractivity contribution in [3.63, 3.8) is 0 Å². The average Bonchev–Trinajstić information content (AvgIpc) is 2.53. The molecule has 0 aliphatic carbocycles. The third kappa shape index (κ3) is 3.62. The molecule has 0 amide bonds. The number of hydrogen-bond donors (Lipinski definition) is 0. The molecule has 0 bridgehead atoms. The molecule has 0 saturated heterocycles. The summed E-state index contributed by atoms with van der Waals surface area (Å²) in [6.07, 6.45) is -3.38. The lowest BCUT2D eigenvalue weighted by atomic mass is 10.0. The van der Waals surface area contributed by atoms with Crippen molar-refractivity contribution in [1.29, 1.82) is 0 Å². The molecule has 24 heavy (non-hydrogen) atoms. The topological polar surface area (TPSA) is 30.2 Å². The van der Waals surface area contributed by atoms with E-state index in [0.717, 1.165) is 11.1 Å². The van der Waals surface area contributed by atoms with E-state index in [4.69, 9.17) is 16.0 Å². The second-order valence-electron chi connectivity index (χ2n) is 5.43. The number of aryl methyl sites for hydroxylation is 2. The van der Waals surface area contributed by atoms with Crippen LogP contribution in [0, 0.1) is 0 Å². The van der Waals surface area contributed by atoms with Crippen molar-refractivity contribution >= 4 is 22.6 Å². The van der Waals surface area contributed by atoms with Gasteiger partial charge < -0.3 is 4.42 Å². The standard InChI is InChI=1S/C18H12ClF3O2/c19-13-6-3-11(4-7-13)1-2-12-5-8-14-15(23)10-17(18(20,21)22)24-16(14)9-12/h3-10H,1-2H2. The largest absolute Gasteiger partial charge is 0.451 e. The van der Waals surface area contributed by atoms with E-state index in [2.05, 4.69) is 0 Å². The van der Waals surface area contributed by atoms with Crippen LogP contribution < -0.4 is 5.43 Å². The smallest absolute Gasteiger partial charge is 0.449 e. The molecule has 0 N–H and O–H groups in total. The minimum absolute atomic E-state index is 0.0524. The van der Waals surface area contributed by atoms with Crippen LogP contribution in [0.2, 0.25) is 5.02 Å². The second-order valence-corrected chi connectivity index (χ2v) is 5.87. The van der Waals surface area contributed by atoms with E-state index in [1.165, 1.54) is 12.1 Å². The molecule has 2 aromatic carbocycles. The molecule has 0 radical (unpaired) electrons. The van der Waals surface area contributed by atoms with Crippen LogP contribution in [0.4, 0.5) is 13.2 Å². The Morgan fingerprint density at radius 1 is 0.917 bits per heavy atom. The number of benzene rings is 2. The second kappa shape index (κ2) is 6.32. The van der Waals surface area contributed by atoms with Crippen LogP contribution in [-0.2, 0) is 19.0 Å². The third-order valence-corrected chi connectivity index (χ3v) is 3.94. The van der Waals surface area contributed by atoms with Crippen LogP contribution in [0.3, 0.4) is 0 Å². The summed E-state index contributed by atoms with van der Waals surface area (Å²) in [5.41, 5.74) is 1.10. The van der Waals surface area contributed by atoms with Gasteiger partial charge in [0.2, 0.25) is 5.76 Å². The summed E-state index contributed by atoms with van der Waals surface area (Å²) in [7, 11) is 0. The van der Waals surface area contributed by atoms with E-state index in [-0.39, 0.29) is 11.0 Å². The van der Waals surface area contributed by atoms with Gasteiger partial charge in [0.05, 0.1) is 5.39 Å². The molecule has 124 valence electrons. The Morgan fingerprint density at radius 3 is 2.21 bits per heavy atom. The fraction of sp³-hybridized carbons (Fsp3) is 0.167. The first-order valence-electron chi connectivity index (χ1n) is 7.21. The Balaban J connectivity index is 1.89. The van der Waals surface area contributed by atoms with Crippen molar-refractivity contribution in [3.8, 4) is 0 Å². The molecule has 0 atom stereocenters. The molecule has 0 aliphatic rings. The van der Waals surface area contributed by atoms with Crippen molar-refractivity contribution in [3.05, 3.63) is 80.7 Å². The van der Waals surface area contributed by atoms with Crippen LogP contribution in [0.25, 0.3) is 11.0 Å². The Bertz CT molecular complexity index is 928. The van der Waals surface area contributed by atoms with Crippen LogP contribution in [0.5, 0.6) is 0 Å². The Hall–Kier alpha value is -2.27. The Labute approximate surface area is 140 Å². The van der Waals surface area contributed by atoms with Gasteiger partial charge in [-0.1, -0.05) is 29.8 Å². The number of halogens is 4. The minimum atomic E-state index is -4.69. The fourth-order valence-corrected chi connectivity index (χ4v) is 2.56. The molecule has 3 rings (SSSR count). The minimum Gasteiger partial charge on any atom is -0.451 e. The maximum absolute atomic E-state index is 12.8. The van der Waals surface area contributed by atoms with Crippen molar-refractivity contribution < 1.29 is 17.6 Å². The summed E-state index contributed by atoms with van der Waals surface area (Å²) >= 11 is 5.83. The lowest BCUT2D eigenvalue weighted by Crippen LogP contribution is -2.11. The summed E-state index contributed by atoms with van der Waals surface area (Å²) in [6, 6.07) is 12.5. The highest BCUT2D eigenvalue weighted by atomic mass is 35.5. The van der Waals surface area contributed by atoms with E-state index in [0.29, 0.717) is 23.9 Å². The predicted octanol–water partition coefficient (Wildman–Crippen LogP) is 5.25. The third-order valence-electron chi connectivity index (χ3n) is 3.69. The molecular formula is C18H12ClF3O2. The van der Waals surface area contributed by atoms with E-state index >= 15 is 0 Å². The summed E-state index contributed by atoms with van der Waals surface area (Å²) in [5, 5.41) is 0.782. The Morgan fingerprint density at radius 2 is 1.54 bits per heavy atom. The molecule has 0 fully saturated rings. The van der Waals surface area contributed by atoms with Crippen molar-refractivity contribution in [2.75, 3.05) is 0 Å². The molecule has 0 aliphatic heterocycles. The molecule has 0 saturated carbocycles. The lowest BCUT2D eigenvalue weighted by Gasteiger charge is -2.08. The lowest BCUT2D eigenvalue weighted by molar-refractivity contribution is -0.152. The Kier molecular flexibility index (Phi) is 4.37. The van der Waals surface area contributed by atoms with Crippen LogP contribution in [0.1, 0.15) is 16.9 Å². The van der Waals surface area contributed by atoms with Gasteiger partial charge in [0.15, 0.2) is 5.43 Å². The van der Waals surface area contributed by atoms with Gasteiger partial charge in [-0.15, -0.1) is 0 Å². The first-order valence-corrected chi connectivity index (χ1v) is 7.59. The van der Waals surface area contributed by atoms with Gasteiger partial charge in [-0.25, -0.2) is 0 Å². The van der Waals surface area contributed by atoms with Crippen molar-refractivity contribution in [1.82, 2.24) is 0 Å². The molecule has 1 heterocycles. The maximum Gasteiger partial charge on any atom is 0.449 e. The van der Waals surface area contributed by atoms with Crippen molar-refractivity contribution in [2.45, 2.75) is 19.0 Å². The van der Waals surface area contributed by atoms with E-state index in [9.17, 15) is 18.0 Å². The van der Waals surface area contributed by atoms with Gasteiger partial charge in [0, 0.05) is 11.1 Å². The number of rotatable bonds is 3. The number of hydrogen-bond acceptors (Lipinski definition) is 2. The molecule has 6 heteroatoms. The number of alkyl halides is 3. The van der Waals surface area contributed by atoms with E-state index < -0.39 is 17.4 Å².